The molecule has 0 saturated carbocycles. The molecule has 8 heteroatoms. The minimum absolute atomic E-state index is 0.0227. The van der Waals surface area contributed by atoms with E-state index in [1.807, 2.05) is 0 Å². The molecule has 5 nitrogen and oxygen atoms in total. The molecule has 19 heavy (non-hydrogen) atoms. The van der Waals surface area contributed by atoms with E-state index in [1.54, 1.807) is 6.92 Å². The van der Waals surface area contributed by atoms with Gasteiger partial charge >= 0.3 is 12.1 Å². The van der Waals surface area contributed by atoms with Crippen molar-refractivity contribution < 1.29 is 32.6 Å². The van der Waals surface area contributed by atoms with Crippen molar-refractivity contribution in [3.05, 3.63) is 0 Å². The highest BCUT2D eigenvalue weighted by molar-refractivity contribution is 5.76. The molecule has 0 radical (unpaired) electrons. The van der Waals surface area contributed by atoms with Crippen LogP contribution in [0.25, 0.3) is 0 Å². The first-order valence-electron chi connectivity index (χ1n) is 5.86. The number of aliphatic carboxylic acids is 1. The number of amides is 1. The lowest BCUT2D eigenvalue weighted by atomic mass is 10.1. The maximum Gasteiger partial charge on any atom is 0.411 e. The van der Waals surface area contributed by atoms with Gasteiger partial charge in [-0.15, -0.1) is 0 Å². The Labute approximate surface area is 109 Å². The topological polar surface area (TPSA) is 75.6 Å². The molecule has 0 aliphatic carbocycles. The Balaban J connectivity index is 3.59. The van der Waals surface area contributed by atoms with Crippen molar-refractivity contribution in [2.45, 2.75) is 44.8 Å². The summed E-state index contributed by atoms with van der Waals surface area (Å²) in [5.41, 5.74) is 0. The van der Waals surface area contributed by atoms with Crippen LogP contribution in [-0.4, -0.2) is 42.4 Å². The fourth-order valence-electron chi connectivity index (χ4n) is 1.33. The van der Waals surface area contributed by atoms with E-state index in [-0.39, 0.29) is 25.5 Å². The Kier molecular flexibility index (Phi) is 8.13. The maximum absolute atomic E-state index is 11.7. The average Bonchev–Trinajstić information content (AvgIpc) is 2.22. The molecule has 0 fully saturated rings. The van der Waals surface area contributed by atoms with Gasteiger partial charge in [0.1, 0.15) is 6.61 Å². The standard InChI is InChI=1S/C11H18F3NO4/c1-8(3-2-4-10(17)18)15-9(16)5-6-19-7-11(12,13)14/h8H,2-7H2,1H3,(H,15,16)(H,17,18). The molecule has 0 aromatic carbocycles. The molecular formula is C11H18F3NO4. The van der Waals surface area contributed by atoms with Crippen molar-refractivity contribution in [2.75, 3.05) is 13.2 Å². The second-order valence-electron chi connectivity index (χ2n) is 4.17. The van der Waals surface area contributed by atoms with Gasteiger partial charge in [0.2, 0.25) is 5.91 Å². The lowest BCUT2D eigenvalue weighted by Gasteiger charge is -2.13. The molecule has 2 N–H and O–H groups in total. The number of alkyl halides is 3. The van der Waals surface area contributed by atoms with Crippen LogP contribution in [-0.2, 0) is 14.3 Å². The highest BCUT2D eigenvalue weighted by atomic mass is 19.4. The quantitative estimate of drug-likeness (QED) is 0.632. The zero-order valence-electron chi connectivity index (χ0n) is 10.6. The molecule has 0 aromatic rings. The van der Waals surface area contributed by atoms with Crippen molar-refractivity contribution in [2.24, 2.45) is 0 Å². The predicted molar refractivity (Wildman–Crippen MR) is 60.6 cm³/mol. The summed E-state index contributed by atoms with van der Waals surface area (Å²) in [6, 6.07) is -0.213. The van der Waals surface area contributed by atoms with Crippen LogP contribution in [0.1, 0.15) is 32.6 Å². The third kappa shape index (κ3) is 12.9. The van der Waals surface area contributed by atoms with E-state index in [4.69, 9.17) is 5.11 Å². The molecule has 0 aromatic heterocycles. The van der Waals surface area contributed by atoms with Crippen LogP contribution in [0.2, 0.25) is 0 Å². The Morgan fingerprint density at radius 1 is 1.32 bits per heavy atom. The van der Waals surface area contributed by atoms with E-state index in [9.17, 15) is 22.8 Å². The Bertz CT molecular complexity index is 294. The molecule has 112 valence electrons. The monoisotopic (exact) mass is 285 g/mol. The third-order valence-electron chi connectivity index (χ3n) is 2.17. The summed E-state index contributed by atoms with van der Waals surface area (Å²) in [5.74, 6) is -1.32. The normalized spacial score (nSPS) is 13.1. The number of hydrogen-bond acceptors (Lipinski definition) is 3. The molecule has 1 atom stereocenters. The molecule has 0 spiro atoms. The number of carboxylic acid groups (broad SMARTS) is 1. The molecule has 0 heterocycles. The van der Waals surface area contributed by atoms with Crippen LogP contribution in [0.5, 0.6) is 0 Å². The van der Waals surface area contributed by atoms with Crippen molar-refractivity contribution >= 4 is 11.9 Å². The van der Waals surface area contributed by atoms with Gasteiger partial charge in [-0.1, -0.05) is 0 Å². The van der Waals surface area contributed by atoms with Crippen molar-refractivity contribution in [3.8, 4) is 0 Å². The fraction of sp³-hybridized carbons (Fsp3) is 0.818. The number of carbonyl (C=O) groups is 2. The van der Waals surface area contributed by atoms with Crippen LogP contribution >= 0.6 is 0 Å². The summed E-state index contributed by atoms with van der Waals surface area (Å²) in [6.45, 7) is 0.0396. The molecule has 0 aliphatic heterocycles. The summed E-state index contributed by atoms with van der Waals surface area (Å²) in [7, 11) is 0. The second kappa shape index (κ2) is 8.73. The molecule has 0 saturated heterocycles. The zero-order chi connectivity index (χ0) is 14.9. The Morgan fingerprint density at radius 2 is 1.95 bits per heavy atom. The van der Waals surface area contributed by atoms with Crippen LogP contribution < -0.4 is 5.32 Å². The first-order chi connectivity index (χ1) is 8.70. The van der Waals surface area contributed by atoms with Gasteiger partial charge in [-0.25, -0.2) is 0 Å². The van der Waals surface area contributed by atoms with Crippen LogP contribution in [0, 0.1) is 0 Å². The third-order valence-corrected chi connectivity index (χ3v) is 2.17. The van der Waals surface area contributed by atoms with Crippen LogP contribution in [0.4, 0.5) is 13.2 Å². The van der Waals surface area contributed by atoms with Crippen molar-refractivity contribution in [1.29, 1.82) is 0 Å². The molecule has 1 unspecified atom stereocenters. The summed E-state index contributed by atoms with van der Waals surface area (Å²) in [5, 5.41) is 11.0. The molecule has 0 aliphatic rings. The molecule has 0 rings (SSSR count). The van der Waals surface area contributed by atoms with E-state index in [0.29, 0.717) is 12.8 Å². The number of carbonyl (C=O) groups excluding carboxylic acids is 1. The molecule has 0 bridgehead atoms. The van der Waals surface area contributed by atoms with Crippen molar-refractivity contribution in [1.82, 2.24) is 5.32 Å². The first-order valence-corrected chi connectivity index (χ1v) is 5.86. The number of halogens is 3. The maximum atomic E-state index is 11.7. The van der Waals surface area contributed by atoms with Gasteiger partial charge in [0, 0.05) is 18.9 Å². The van der Waals surface area contributed by atoms with E-state index in [1.165, 1.54) is 0 Å². The molecular weight excluding hydrogens is 267 g/mol. The van der Waals surface area contributed by atoms with E-state index < -0.39 is 24.7 Å². The van der Waals surface area contributed by atoms with E-state index >= 15 is 0 Å². The Morgan fingerprint density at radius 3 is 2.47 bits per heavy atom. The minimum atomic E-state index is -4.39. The van der Waals surface area contributed by atoms with Gasteiger partial charge < -0.3 is 15.2 Å². The lowest BCUT2D eigenvalue weighted by Crippen LogP contribution is -2.33. The summed E-state index contributed by atoms with van der Waals surface area (Å²) in [4.78, 5) is 21.5. The smallest absolute Gasteiger partial charge is 0.411 e. The second-order valence-corrected chi connectivity index (χ2v) is 4.17. The van der Waals surface area contributed by atoms with Gasteiger partial charge in [0.15, 0.2) is 0 Å². The predicted octanol–water partition coefficient (Wildman–Crippen LogP) is 1.71. The number of nitrogens with one attached hydrogen (secondary N) is 1. The Hall–Kier alpha value is -1.31. The summed E-state index contributed by atoms with van der Waals surface area (Å²) >= 11 is 0. The number of hydrogen-bond donors (Lipinski definition) is 2. The van der Waals surface area contributed by atoms with E-state index in [0.717, 1.165) is 0 Å². The average molecular weight is 285 g/mol. The minimum Gasteiger partial charge on any atom is -0.481 e. The van der Waals surface area contributed by atoms with Crippen LogP contribution in [0.3, 0.4) is 0 Å². The van der Waals surface area contributed by atoms with Gasteiger partial charge in [0.25, 0.3) is 0 Å². The zero-order valence-corrected chi connectivity index (χ0v) is 10.6. The summed E-state index contributed by atoms with van der Waals surface area (Å²) in [6.07, 6.45) is -3.59. The highest BCUT2D eigenvalue weighted by Gasteiger charge is 2.27. The highest BCUT2D eigenvalue weighted by Crippen LogP contribution is 2.14. The van der Waals surface area contributed by atoms with Gasteiger partial charge in [-0.3, -0.25) is 9.59 Å². The number of carboxylic acids is 1. The van der Waals surface area contributed by atoms with Gasteiger partial charge in [0.05, 0.1) is 6.61 Å². The van der Waals surface area contributed by atoms with Gasteiger partial charge in [-0.05, 0) is 19.8 Å². The largest absolute Gasteiger partial charge is 0.481 e. The first kappa shape index (κ1) is 17.7. The molecule has 1 amide bonds. The lowest BCUT2D eigenvalue weighted by molar-refractivity contribution is -0.174. The fourth-order valence-corrected chi connectivity index (χ4v) is 1.33. The number of rotatable bonds is 9. The van der Waals surface area contributed by atoms with E-state index in [2.05, 4.69) is 10.1 Å². The number of ether oxygens (including phenoxy) is 1. The van der Waals surface area contributed by atoms with Gasteiger partial charge in [-0.2, -0.15) is 13.2 Å². The van der Waals surface area contributed by atoms with Crippen molar-refractivity contribution in [3.63, 3.8) is 0 Å². The SMILES string of the molecule is CC(CCCC(=O)O)NC(=O)CCOCC(F)(F)F. The summed E-state index contributed by atoms with van der Waals surface area (Å²) < 4.78 is 39.5. The van der Waals surface area contributed by atoms with Crippen LogP contribution in [0.15, 0.2) is 0 Å².